The van der Waals surface area contributed by atoms with Crippen LogP contribution in [0, 0.1) is 0 Å². The van der Waals surface area contributed by atoms with Gasteiger partial charge in [0.15, 0.2) is 0 Å². The summed E-state index contributed by atoms with van der Waals surface area (Å²) in [4.78, 5) is 2.07. The van der Waals surface area contributed by atoms with E-state index in [4.69, 9.17) is 0 Å². The van der Waals surface area contributed by atoms with Crippen molar-refractivity contribution < 1.29 is 5.11 Å². The molecule has 2 atom stereocenters. The van der Waals surface area contributed by atoms with Crippen molar-refractivity contribution in [3.8, 4) is 0 Å². The molecule has 0 aromatic heterocycles. The Kier molecular flexibility index (Phi) is 8.63. The lowest BCUT2D eigenvalue weighted by atomic mass is 10.0. The van der Waals surface area contributed by atoms with Gasteiger partial charge >= 0.3 is 0 Å². The Bertz CT molecular complexity index is 114. The molecule has 3 nitrogen and oxygen atoms in total. The molecule has 0 amide bonds. The molecule has 0 saturated carbocycles. The SMILES string of the molecule is CN(C)C1CNCCC1O.Cl.Cl. The fourth-order valence-corrected chi connectivity index (χ4v) is 1.36. The Morgan fingerprint density at radius 1 is 1.33 bits per heavy atom. The second kappa shape index (κ2) is 6.92. The van der Waals surface area contributed by atoms with E-state index in [2.05, 4.69) is 10.2 Å². The molecule has 2 unspecified atom stereocenters. The van der Waals surface area contributed by atoms with E-state index in [1.54, 1.807) is 0 Å². The minimum absolute atomic E-state index is 0. The number of nitrogens with zero attached hydrogens (tertiary/aromatic N) is 1. The second-order valence-electron chi connectivity index (χ2n) is 3.09. The average molecular weight is 217 g/mol. The van der Waals surface area contributed by atoms with Crippen molar-refractivity contribution in [2.24, 2.45) is 0 Å². The van der Waals surface area contributed by atoms with Crippen molar-refractivity contribution in [1.29, 1.82) is 0 Å². The molecule has 5 heteroatoms. The number of hydrogen-bond donors (Lipinski definition) is 2. The summed E-state index contributed by atoms with van der Waals surface area (Å²) in [6.45, 7) is 1.86. The second-order valence-corrected chi connectivity index (χ2v) is 3.09. The van der Waals surface area contributed by atoms with E-state index in [0.717, 1.165) is 19.5 Å². The van der Waals surface area contributed by atoms with E-state index < -0.39 is 0 Å². The van der Waals surface area contributed by atoms with Gasteiger partial charge in [0.1, 0.15) is 0 Å². The highest BCUT2D eigenvalue weighted by molar-refractivity contribution is 5.85. The lowest BCUT2D eigenvalue weighted by Crippen LogP contribution is -2.51. The van der Waals surface area contributed by atoms with E-state index in [9.17, 15) is 5.11 Å². The van der Waals surface area contributed by atoms with Crippen LogP contribution in [0.15, 0.2) is 0 Å². The van der Waals surface area contributed by atoms with Crippen LogP contribution in [0.25, 0.3) is 0 Å². The van der Waals surface area contributed by atoms with Crippen LogP contribution in [0.2, 0.25) is 0 Å². The summed E-state index contributed by atoms with van der Waals surface area (Å²) in [6, 6.07) is 0.300. The quantitative estimate of drug-likeness (QED) is 0.654. The normalized spacial score (nSPS) is 29.0. The summed E-state index contributed by atoms with van der Waals surface area (Å²) < 4.78 is 0. The van der Waals surface area contributed by atoms with Crippen molar-refractivity contribution >= 4 is 24.8 Å². The van der Waals surface area contributed by atoms with E-state index in [0.29, 0.717) is 6.04 Å². The van der Waals surface area contributed by atoms with Crippen LogP contribution in [0.4, 0.5) is 0 Å². The highest BCUT2D eigenvalue weighted by atomic mass is 35.5. The summed E-state index contributed by atoms with van der Waals surface area (Å²) in [5.74, 6) is 0. The molecule has 0 radical (unpaired) electrons. The van der Waals surface area contributed by atoms with Gasteiger partial charge in [0.25, 0.3) is 0 Å². The predicted molar refractivity (Wildman–Crippen MR) is 55.5 cm³/mol. The first-order valence-electron chi connectivity index (χ1n) is 3.77. The highest BCUT2D eigenvalue weighted by Gasteiger charge is 2.23. The zero-order chi connectivity index (χ0) is 7.56. The van der Waals surface area contributed by atoms with Gasteiger partial charge in [-0.2, -0.15) is 0 Å². The topological polar surface area (TPSA) is 35.5 Å². The molecule has 1 rings (SSSR count). The van der Waals surface area contributed by atoms with Gasteiger partial charge < -0.3 is 15.3 Å². The van der Waals surface area contributed by atoms with Gasteiger partial charge in [-0.3, -0.25) is 0 Å². The van der Waals surface area contributed by atoms with Crippen LogP contribution < -0.4 is 5.32 Å². The molecule has 2 N–H and O–H groups in total. The molecule has 0 bridgehead atoms. The van der Waals surface area contributed by atoms with Gasteiger partial charge in [-0.15, -0.1) is 24.8 Å². The highest BCUT2D eigenvalue weighted by Crippen LogP contribution is 2.07. The summed E-state index contributed by atoms with van der Waals surface area (Å²) in [6.07, 6.45) is 0.735. The number of piperidine rings is 1. The molecule has 1 aliphatic rings. The third kappa shape index (κ3) is 3.92. The number of aliphatic hydroxyl groups is 1. The number of likely N-dealkylation sites (N-methyl/N-ethyl adjacent to an activating group) is 1. The third-order valence-electron chi connectivity index (χ3n) is 2.08. The lowest BCUT2D eigenvalue weighted by molar-refractivity contribution is 0.0523. The molecule has 1 fully saturated rings. The summed E-state index contributed by atoms with van der Waals surface area (Å²) >= 11 is 0. The molecule has 12 heavy (non-hydrogen) atoms. The van der Waals surface area contributed by atoms with Crippen LogP contribution in [0.5, 0.6) is 0 Å². The van der Waals surface area contributed by atoms with Crippen molar-refractivity contribution in [3.63, 3.8) is 0 Å². The van der Waals surface area contributed by atoms with E-state index in [1.807, 2.05) is 14.1 Å². The minimum atomic E-state index is -0.142. The maximum absolute atomic E-state index is 9.46. The summed E-state index contributed by atoms with van der Waals surface area (Å²) in [7, 11) is 4.00. The Hall–Kier alpha value is 0.460. The molecule has 1 aliphatic heterocycles. The van der Waals surface area contributed by atoms with Gasteiger partial charge in [-0.25, -0.2) is 0 Å². The first kappa shape index (κ1) is 15.0. The van der Waals surface area contributed by atoms with Gasteiger partial charge in [0, 0.05) is 12.6 Å². The fourth-order valence-electron chi connectivity index (χ4n) is 1.36. The maximum atomic E-state index is 9.46. The van der Waals surface area contributed by atoms with Gasteiger partial charge in [-0.05, 0) is 27.1 Å². The first-order chi connectivity index (χ1) is 4.72. The van der Waals surface area contributed by atoms with Gasteiger partial charge in [0.05, 0.1) is 6.10 Å². The largest absolute Gasteiger partial charge is 0.391 e. The minimum Gasteiger partial charge on any atom is -0.391 e. The number of hydrogen-bond acceptors (Lipinski definition) is 3. The molecule has 0 aromatic carbocycles. The van der Waals surface area contributed by atoms with Crippen molar-refractivity contribution in [1.82, 2.24) is 10.2 Å². The van der Waals surface area contributed by atoms with Crippen LogP contribution >= 0.6 is 24.8 Å². The van der Waals surface area contributed by atoms with E-state index >= 15 is 0 Å². The Morgan fingerprint density at radius 2 is 1.92 bits per heavy atom. The Balaban J connectivity index is 0. The number of aliphatic hydroxyl groups excluding tert-OH is 1. The molecular formula is C7H18Cl2N2O. The molecule has 76 valence electrons. The standard InChI is InChI=1S/C7H16N2O.2ClH/c1-9(2)6-5-8-4-3-7(6)10;;/h6-8,10H,3-5H2,1-2H3;2*1H. The summed E-state index contributed by atoms with van der Waals surface area (Å²) in [5.41, 5.74) is 0. The van der Waals surface area contributed by atoms with E-state index in [-0.39, 0.29) is 30.9 Å². The average Bonchev–Trinajstić information content (AvgIpc) is 1.88. The number of nitrogens with one attached hydrogen (secondary N) is 1. The van der Waals surface area contributed by atoms with Gasteiger partial charge in [0.2, 0.25) is 0 Å². The molecule has 0 aliphatic carbocycles. The predicted octanol–water partition coefficient (Wildman–Crippen LogP) is 0.114. The smallest absolute Gasteiger partial charge is 0.0719 e. The zero-order valence-corrected chi connectivity index (χ0v) is 9.12. The lowest BCUT2D eigenvalue weighted by Gasteiger charge is -2.33. The molecule has 1 heterocycles. The molecule has 0 aromatic rings. The van der Waals surface area contributed by atoms with Crippen molar-refractivity contribution in [2.75, 3.05) is 27.2 Å². The number of halogens is 2. The van der Waals surface area contributed by atoms with Crippen LogP contribution in [0.3, 0.4) is 0 Å². The zero-order valence-electron chi connectivity index (χ0n) is 7.49. The van der Waals surface area contributed by atoms with Crippen LogP contribution in [-0.2, 0) is 0 Å². The monoisotopic (exact) mass is 216 g/mol. The third-order valence-corrected chi connectivity index (χ3v) is 2.08. The fraction of sp³-hybridized carbons (Fsp3) is 1.00. The molecule has 1 saturated heterocycles. The van der Waals surface area contributed by atoms with Gasteiger partial charge in [-0.1, -0.05) is 0 Å². The van der Waals surface area contributed by atoms with Crippen LogP contribution in [-0.4, -0.2) is 49.3 Å². The number of rotatable bonds is 1. The summed E-state index contributed by atoms with van der Waals surface area (Å²) in [5, 5.41) is 12.7. The first-order valence-corrected chi connectivity index (χ1v) is 3.77. The maximum Gasteiger partial charge on any atom is 0.0719 e. The van der Waals surface area contributed by atoms with Crippen molar-refractivity contribution in [2.45, 2.75) is 18.6 Å². The Morgan fingerprint density at radius 3 is 2.25 bits per heavy atom. The van der Waals surface area contributed by atoms with Crippen LogP contribution in [0.1, 0.15) is 6.42 Å². The molecular weight excluding hydrogens is 199 g/mol. The molecule has 0 spiro atoms. The van der Waals surface area contributed by atoms with E-state index in [1.165, 1.54) is 0 Å². The Labute approximate surface area is 86.3 Å². The van der Waals surface area contributed by atoms with Crippen molar-refractivity contribution in [3.05, 3.63) is 0 Å².